The highest BCUT2D eigenvalue weighted by atomic mass is 19.2. The van der Waals surface area contributed by atoms with Gasteiger partial charge in [-0.1, -0.05) is 0 Å². The Hall–Kier alpha value is -2.13. The Balaban J connectivity index is 2.33. The van der Waals surface area contributed by atoms with E-state index in [9.17, 15) is 22.8 Å². The van der Waals surface area contributed by atoms with Crippen LogP contribution in [0, 0.1) is 17.5 Å². The van der Waals surface area contributed by atoms with Gasteiger partial charge in [0, 0.05) is 12.1 Å². The molecule has 0 saturated heterocycles. The summed E-state index contributed by atoms with van der Waals surface area (Å²) in [5, 5.41) is 8.20. The normalized spacial score (nSPS) is 11.6. The van der Waals surface area contributed by atoms with Gasteiger partial charge in [0.25, 0.3) is 0 Å². The lowest BCUT2D eigenvalue weighted by Gasteiger charge is -2.20. The van der Waals surface area contributed by atoms with Crippen LogP contribution >= 0.6 is 0 Å². The topological polar surface area (TPSA) is 73.5 Å². The maximum Gasteiger partial charge on any atom is 0.238 e. The summed E-state index contributed by atoms with van der Waals surface area (Å²) in [6.45, 7) is 7.19. The molecule has 27 heavy (non-hydrogen) atoms. The molecule has 0 radical (unpaired) electrons. The second kappa shape index (κ2) is 10.3. The maximum absolute atomic E-state index is 13.5. The highest BCUT2D eigenvalue weighted by Crippen LogP contribution is 2.19. The number of likely N-dealkylation sites (N-methyl/N-ethyl adjacent to an activating group) is 1. The van der Waals surface area contributed by atoms with Gasteiger partial charge in [-0.25, -0.2) is 13.2 Å². The average molecular weight is 388 g/mol. The average Bonchev–Trinajstić information content (AvgIpc) is 2.53. The second-order valence-electron chi connectivity index (χ2n) is 7.32. The summed E-state index contributed by atoms with van der Waals surface area (Å²) in [5.41, 5.74) is -0.437. The van der Waals surface area contributed by atoms with Gasteiger partial charge in [0.2, 0.25) is 11.8 Å². The summed E-state index contributed by atoms with van der Waals surface area (Å²) >= 11 is 0. The fraction of sp³-hybridized carbons (Fsp3) is 0.556. The van der Waals surface area contributed by atoms with Crippen LogP contribution in [0.1, 0.15) is 27.2 Å². The number of hydrogen-bond donors (Lipinski definition) is 3. The van der Waals surface area contributed by atoms with Crippen molar-refractivity contribution >= 4 is 17.5 Å². The molecule has 0 fully saturated rings. The van der Waals surface area contributed by atoms with Crippen LogP contribution in [0.15, 0.2) is 12.1 Å². The number of carbonyl (C=O) groups is 2. The van der Waals surface area contributed by atoms with E-state index in [1.54, 1.807) is 7.05 Å². The first kappa shape index (κ1) is 22.9. The molecule has 1 rings (SSSR count). The molecule has 0 spiro atoms. The molecular weight excluding hydrogens is 361 g/mol. The Kier molecular flexibility index (Phi) is 8.71. The Morgan fingerprint density at radius 3 is 2.26 bits per heavy atom. The fourth-order valence-electron chi connectivity index (χ4n) is 2.19. The largest absolute Gasteiger partial charge is 0.355 e. The second-order valence-corrected chi connectivity index (χ2v) is 7.32. The zero-order chi connectivity index (χ0) is 20.6. The minimum absolute atomic E-state index is 0.0184. The first-order valence-electron chi connectivity index (χ1n) is 8.63. The summed E-state index contributed by atoms with van der Waals surface area (Å²) in [7, 11) is 1.54. The van der Waals surface area contributed by atoms with Gasteiger partial charge in [-0.3, -0.25) is 14.5 Å². The van der Waals surface area contributed by atoms with Crippen molar-refractivity contribution in [1.82, 2.24) is 15.5 Å². The quantitative estimate of drug-likeness (QED) is 0.446. The molecule has 0 aromatic heterocycles. The molecule has 2 amide bonds. The molecule has 0 saturated carbocycles. The van der Waals surface area contributed by atoms with Crippen molar-refractivity contribution in [3.8, 4) is 0 Å². The number of anilines is 1. The first-order chi connectivity index (χ1) is 12.5. The summed E-state index contributed by atoms with van der Waals surface area (Å²) in [5.74, 6) is -5.35. The molecule has 0 aliphatic carbocycles. The molecule has 0 aliphatic heterocycles. The van der Waals surface area contributed by atoms with Gasteiger partial charge in [-0.15, -0.1) is 0 Å². The van der Waals surface area contributed by atoms with Crippen molar-refractivity contribution in [2.75, 3.05) is 38.5 Å². The Morgan fingerprint density at radius 1 is 1.00 bits per heavy atom. The van der Waals surface area contributed by atoms with Crippen LogP contribution in [0.3, 0.4) is 0 Å². The summed E-state index contributed by atoms with van der Waals surface area (Å²) in [4.78, 5) is 25.1. The van der Waals surface area contributed by atoms with Crippen molar-refractivity contribution in [3.05, 3.63) is 29.6 Å². The lowest BCUT2D eigenvalue weighted by atomic mass is 10.1. The first-order valence-corrected chi connectivity index (χ1v) is 8.63. The van der Waals surface area contributed by atoms with E-state index in [2.05, 4.69) is 36.7 Å². The van der Waals surface area contributed by atoms with Gasteiger partial charge in [-0.2, -0.15) is 0 Å². The zero-order valence-electron chi connectivity index (χ0n) is 16.1. The molecule has 9 heteroatoms. The van der Waals surface area contributed by atoms with E-state index in [-0.39, 0.29) is 24.5 Å². The fourth-order valence-corrected chi connectivity index (χ4v) is 2.19. The number of nitrogens with one attached hydrogen (secondary N) is 3. The SMILES string of the molecule is CN(CC(=O)NCCCNC(C)(C)C)CC(=O)Nc1ccc(F)c(F)c1F. The Bertz CT molecular complexity index is 663. The van der Waals surface area contributed by atoms with Crippen molar-refractivity contribution in [3.63, 3.8) is 0 Å². The number of nitrogens with zero attached hydrogens (tertiary/aromatic N) is 1. The van der Waals surface area contributed by atoms with E-state index in [0.717, 1.165) is 25.1 Å². The van der Waals surface area contributed by atoms with Crippen LogP contribution in [-0.4, -0.2) is 55.5 Å². The van der Waals surface area contributed by atoms with Gasteiger partial charge >= 0.3 is 0 Å². The van der Waals surface area contributed by atoms with E-state index in [4.69, 9.17) is 0 Å². The van der Waals surface area contributed by atoms with Crippen LogP contribution in [0.5, 0.6) is 0 Å². The molecule has 0 heterocycles. The predicted octanol–water partition coefficient (Wildman–Crippen LogP) is 1.87. The highest BCUT2D eigenvalue weighted by molar-refractivity contribution is 5.92. The van der Waals surface area contributed by atoms with Crippen molar-refractivity contribution in [2.24, 2.45) is 0 Å². The molecule has 0 aliphatic rings. The van der Waals surface area contributed by atoms with Gasteiger partial charge in [-0.05, 0) is 52.9 Å². The van der Waals surface area contributed by atoms with Gasteiger partial charge in [0.1, 0.15) is 0 Å². The van der Waals surface area contributed by atoms with Crippen molar-refractivity contribution in [1.29, 1.82) is 0 Å². The van der Waals surface area contributed by atoms with E-state index >= 15 is 0 Å². The number of rotatable bonds is 9. The molecule has 1 aromatic rings. The molecule has 0 unspecified atom stereocenters. The molecule has 0 atom stereocenters. The minimum Gasteiger partial charge on any atom is -0.355 e. The summed E-state index contributed by atoms with van der Waals surface area (Å²) < 4.78 is 39.6. The number of amides is 2. The van der Waals surface area contributed by atoms with Crippen LogP contribution in [-0.2, 0) is 9.59 Å². The van der Waals surface area contributed by atoms with Crippen LogP contribution < -0.4 is 16.0 Å². The Morgan fingerprint density at radius 2 is 1.63 bits per heavy atom. The van der Waals surface area contributed by atoms with Gasteiger partial charge in [0.15, 0.2) is 17.5 Å². The molecule has 6 nitrogen and oxygen atoms in total. The maximum atomic E-state index is 13.5. The number of benzene rings is 1. The number of carbonyl (C=O) groups excluding carboxylic acids is 2. The van der Waals surface area contributed by atoms with Crippen LogP contribution in [0.4, 0.5) is 18.9 Å². The van der Waals surface area contributed by atoms with Gasteiger partial charge < -0.3 is 16.0 Å². The Labute approximate surface area is 157 Å². The molecule has 0 bridgehead atoms. The monoisotopic (exact) mass is 388 g/mol. The van der Waals surface area contributed by atoms with Crippen molar-refractivity contribution < 1.29 is 22.8 Å². The smallest absolute Gasteiger partial charge is 0.238 e. The summed E-state index contributed by atoms with van der Waals surface area (Å²) in [6, 6.07) is 1.66. The highest BCUT2D eigenvalue weighted by Gasteiger charge is 2.16. The lowest BCUT2D eigenvalue weighted by molar-refractivity contribution is -0.122. The standard InChI is InChI=1S/C18H27F3N4O2/c1-18(2,3)23-9-5-8-22-14(26)10-25(4)11-15(27)24-13-7-6-12(19)16(20)17(13)21/h6-7,23H,5,8-11H2,1-4H3,(H,22,26)(H,24,27). The van der Waals surface area contributed by atoms with Crippen LogP contribution in [0.25, 0.3) is 0 Å². The summed E-state index contributed by atoms with van der Waals surface area (Å²) in [6.07, 6.45) is 0.766. The zero-order valence-corrected chi connectivity index (χ0v) is 16.1. The van der Waals surface area contributed by atoms with Crippen LogP contribution in [0.2, 0.25) is 0 Å². The predicted molar refractivity (Wildman–Crippen MR) is 97.8 cm³/mol. The minimum atomic E-state index is -1.65. The molecule has 3 N–H and O–H groups in total. The lowest BCUT2D eigenvalue weighted by Crippen LogP contribution is -2.40. The molecular formula is C18H27F3N4O2. The van der Waals surface area contributed by atoms with E-state index in [1.165, 1.54) is 4.90 Å². The number of halogens is 3. The third-order valence-corrected chi connectivity index (χ3v) is 3.47. The van der Waals surface area contributed by atoms with E-state index < -0.39 is 29.0 Å². The van der Waals surface area contributed by atoms with Gasteiger partial charge in [0.05, 0.1) is 18.8 Å². The number of hydrogen-bond acceptors (Lipinski definition) is 4. The third kappa shape index (κ3) is 8.87. The van der Waals surface area contributed by atoms with E-state index in [0.29, 0.717) is 6.54 Å². The third-order valence-electron chi connectivity index (χ3n) is 3.47. The molecule has 1 aromatic carbocycles. The molecule has 152 valence electrons. The van der Waals surface area contributed by atoms with E-state index in [1.807, 2.05) is 0 Å². The van der Waals surface area contributed by atoms with Crippen molar-refractivity contribution in [2.45, 2.75) is 32.7 Å².